The number of aryl methyl sites for hydroxylation is 2. The fourth-order valence-electron chi connectivity index (χ4n) is 3.06. The molecule has 1 aromatic carbocycles. The molecule has 0 bridgehead atoms. The van der Waals surface area contributed by atoms with Crippen LogP contribution in [0.2, 0.25) is 0 Å². The molecule has 0 fully saturated rings. The van der Waals surface area contributed by atoms with Crippen LogP contribution in [0, 0.1) is 13.8 Å². The van der Waals surface area contributed by atoms with Gasteiger partial charge >= 0.3 is 13.5 Å². The summed E-state index contributed by atoms with van der Waals surface area (Å²) in [4.78, 5) is 51.5. The normalized spacial score (nSPS) is 14.0. The minimum Gasteiger partial charge on any atom is -0.412 e. The average molecular weight is 515 g/mol. The van der Waals surface area contributed by atoms with Crippen LogP contribution < -0.4 is 11.2 Å². The molecular formula is C17H25N4NaO11P. The second-order valence-electron chi connectivity index (χ2n) is 7.10. The number of H-pyrrole nitrogens is 1. The van der Waals surface area contributed by atoms with Gasteiger partial charge in [0.25, 0.3) is 5.56 Å². The van der Waals surface area contributed by atoms with E-state index in [-0.39, 0.29) is 52.0 Å². The monoisotopic (exact) mass is 515 g/mol. The SMILES string of the molecule is Cc1cc2nc3c(=O)[nH]c(=O)nc-3n(C[C@H](O)[C@H](O)[C@H](O)COP(=O)(O)O)c2cc1C.O.O.[Na]. The van der Waals surface area contributed by atoms with Gasteiger partial charge in [-0.1, -0.05) is 0 Å². The van der Waals surface area contributed by atoms with E-state index in [1.54, 1.807) is 12.1 Å². The van der Waals surface area contributed by atoms with Gasteiger partial charge in [0.2, 0.25) is 0 Å². The maximum absolute atomic E-state index is 12.2. The van der Waals surface area contributed by atoms with E-state index in [1.807, 2.05) is 18.8 Å². The first-order valence-corrected chi connectivity index (χ1v) is 10.6. The number of aliphatic hydroxyl groups is 3. The number of phosphoric ester groups is 1. The number of nitrogens with zero attached hydrogens (tertiary/aromatic N) is 3. The van der Waals surface area contributed by atoms with Gasteiger partial charge in [0.1, 0.15) is 18.3 Å². The summed E-state index contributed by atoms with van der Waals surface area (Å²) >= 11 is 0. The van der Waals surface area contributed by atoms with Crippen molar-refractivity contribution >= 4 is 48.4 Å². The van der Waals surface area contributed by atoms with E-state index in [4.69, 9.17) is 9.79 Å². The third-order valence-electron chi connectivity index (χ3n) is 4.80. The smallest absolute Gasteiger partial charge is 0.412 e. The minimum absolute atomic E-state index is 0. The Morgan fingerprint density at radius 2 is 1.65 bits per heavy atom. The topological polar surface area (TPSA) is 271 Å². The molecule has 0 aromatic heterocycles. The third kappa shape index (κ3) is 7.21. The Hall–Kier alpha value is -1.59. The summed E-state index contributed by atoms with van der Waals surface area (Å²) in [5.74, 6) is -0.142. The number of benzene rings is 1. The summed E-state index contributed by atoms with van der Waals surface area (Å²) in [6.45, 7) is 2.29. The zero-order chi connectivity index (χ0) is 23.1. The predicted molar refractivity (Wildman–Crippen MR) is 120 cm³/mol. The fraction of sp³-hybridized carbons (Fsp3) is 0.412. The second kappa shape index (κ2) is 12.4. The molecule has 0 saturated heterocycles. The largest absolute Gasteiger partial charge is 0.469 e. The molecule has 2 heterocycles. The van der Waals surface area contributed by atoms with Crippen LogP contribution in [0.1, 0.15) is 11.1 Å². The second-order valence-corrected chi connectivity index (χ2v) is 8.34. The van der Waals surface area contributed by atoms with Gasteiger partial charge in [-0.25, -0.2) is 14.3 Å². The molecule has 0 aliphatic carbocycles. The van der Waals surface area contributed by atoms with Crippen LogP contribution in [0.4, 0.5) is 0 Å². The van der Waals surface area contributed by atoms with Crippen LogP contribution in [0.3, 0.4) is 0 Å². The number of fused-ring (bicyclic) bond motifs is 2. The number of nitrogens with one attached hydrogen (secondary N) is 1. The maximum Gasteiger partial charge on any atom is 0.469 e. The zero-order valence-corrected chi connectivity index (χ0v) is 21.4. The molecule has 17 heteroatoms. The van der Waals surface area contributed by atoms with Crippen molar-refractivity contribution in [3.63, 3.8) is 0 Å². The van der Waals surface area contributed by atoms with Crippen molar-refractivity contribution < 1.29 is 45.1 Å². The van der Waals surface area contributed by atoms with Crippen LogP contribution in [-0.2, 0) is 15.6 Å². The van der Waals surface area contributed by atoms with Gasteiger partial charge in [-0.15, -0.1) is 0 Å². The Morgan fingerprint density at radius 1 is 1.06 bits per heavy atom. The van der Waals surface area contributed by atoms with Crippen LogP contribution in [-0.4, -0.2) is 110 Å². The number of phosphoric acid groups is 1. The van der Waals surface area contributed by atoms with E-state index in [0.717, 1.165) is 11.1 Å². The fourth-order valence-corrected chi connectivity index (χ4v) is 3.41. The molecule has 34 heavy (non-hydrogen) atoms. The van der Waals surface area contributed by atoms with Crippen molar-refractivity contribution in [3.05, 3.63) is 44.1 Å². The molecule has 0 spiro atoms. The number of hydrogen-bond acceptors (Lipinski definition) is 9. The molecule has 15 nitrogen and oxygen atoms in total. The van der Waals surface area contributed by atoms with E-state index in [0.29, 0.717) is 11.0 Å². The third-order valence-corrected chi connectivity index (χ3v) is 5.28. The number of hydrogen-bond donors (Lipinski definition) is 6. The van der Waals surface area contributed by atoms with Crippen LogP contribution in [0.5, 0.6) is 0 Å². The molecule has 3 atom stereocenters. The summed E-state index contributed by atoms with van der Waals surface area (Å²) in [6.07, 6.45) is -5.40. The standard InChI is InChI=1S/C17H21N4O9P.Na.2H2O/c1-7-3-9-10(4-8(7)2)21(15-13(18-9)16(25)20-17(26)19-15)5-11(22)14(24)12(23)6-30-31(27,28)29;;;/h3-4,11-12,14,22-24H,5-6H2,1-2H3,(H,20,25,26)(H2,27,28,29);;2*1H2/t11-,12+,14-;;;/m0.../s1. The van der Waals surface area contributed by atoms with E-state index in [9.17, 15) is 29.5 Å². The molecule has 10 N–H and O–H groups in total. The molecule has 0 amide bonds. The van der Waals surface area contributed by atoms with Crippen molar-refractivity contribution in [1.82, 2.24) is 19.5 Å². The van der Waals surface area contributed by atoms with Crippen molar-refractivity contribution in [2.45, 2.75) is 38.7 Å². The molecule has 2 aliphatic heterocycles. The summed E-state index contributed by atoms with van der Waals surface area (Å²) in [5, 5.41) is 30.5. The Kier molecular flexibility index (Phi) is 11.8. The van der Waals surface area contributed by atoms with Crippen molar-refractivity contribution in [1.29, 1.82) is 0 Å². The maximum atomic E-state index is 12.2. The van der Waals surface area contributed by atoms with Gasteiger partial charge in [-0.3, -0.25) is 14.3 Å². The van der Waals surface area contributed by atoms with E-state index >= 15 is 0 Å². The molecule has 1 aromatic rings. The van der Waals surface area contributed by atoms with Crippen LogP contribution >= 0.6 is 7.82 Å². The first-order valence-electron chi connectivity index (χ1n) is 9.03. The average Bonchev–Trinajstić information content (AvgIpc) is 2.67. The van der Waals surface area contributed by atoms with E-state index in [2.05, 4.69) is 14.5 Å². The van der Waals surface area contributed by atoms with Gasteiger partial charge in [-0.2, -0.15) is 4.98 Å². The van der Waals surface area contributed by atoms with Gasteiger partial charge in [-0.05, 0) is 37.1 Å². The number of aromatic amines is 1. The quantitative estimate of drug-likeness (QED) is 0.101. The van der Waals surface area contributed by atoms with Crippen molar-refractivity contribution in [2.75, 3.05) is 6.61 Å². The Balaban J connectivity index is 0.00000363. The molecule has 1 radical (unpaired) electrons. The summed E-state index contributed by atoms with van der Waals surface area (Å²) in [5.41, 5.74) is 0.618. The summed E-state index contributed by atoms with van der Waals surface area (Å²) in [7, 11) is -4.89. The van der Waals surface area contributed by atoms with Crippen molar-refractivity contribution in [2.24, 2.45) is 0 Å². The van der Waals surface area contributed by atoms with Gasteiger partial charge in [0.15, 0.2) is 11.5 Å². The van der Waals surface area contributed by atoms with E-state index < -0.39 is 50.5 Å². The minimum atomic E-state index is -4.89. The number of rotatable bonds is 7. The van der Waals surface area contributed by atoms with Crippen LogP contribution in [0.15, 0.2) is 21.7 Å². The number of aromatic nitrogens is 4. The summed E-state index contributed by atoms with van der Waals surface area (Å²) < 4.78 is 16.2. The van der Waals surface area contributed by atoms with Crippen LogP contribution in [0.25, 0.3) is 22.6 Å². The Morgan fingerprint density at radius 3 is 2.24 bits per heavy atom. The molecular weight excluding hydrogens is 490 g/mol. The Bertz CT molecular complexity index is 1260. The van der Waals surface area contributed by atoms with Gasteiger partial charge < -0.3 is 40.6 Å². The Labute approximate surface area is 213 Å². The first-order chi connectivity index (χ1) is 14.4. The van der Waals surface area contributed by atoms with E-state index in [1.165, 1.54) is 4.57 Å². The van der Waals surface area contributed by atoms with Gasteiger partial charge in [0.05, 0.1) is 24.2 Å². The van der Waals surface area contributed by atoms with Crippen molar-refractivity contribution in [3.8, 4) is 11.5 Å². The summed E-state index contributed by atoms with van der Waals surface area (Å²) in [6, 6.07) is 3.41. The molecule has 0 saturated carbocycles. The predicted octanol–water partition coefficient (Wildman–Crippen LogP) is -3.64. The molecule has 185 valence electrons. The zero-order valence-electron chi connectivity index (χ0n) is 18.5. The first kappa shape index (κ1) is 32.4. The molecule has 3 rings (SSSR count). The van der Waals surface area contributed by atoms with Gasteiger partial charge in [0, 0.05) is 29.6 Å². The molecule has 0 unspecified atom stereocenters. The molecule has 2 aliphatic rings. The number of aliphatic hydroxyl groups excluding tert-OH is 3.